The molecular weight excluding hydrogens is 197 g/mol. The molecule has 2 N–H and O–H groups in total. The Morgan fingerprint density at radius 1 is 1.21 bits per heavy atom. The van der Waals surface area contributed by atoms with Crippen molar-refractivity contribution in [2.45, 2.75) is 0 Å². The normalized spacial score (nSPS) is 10.1. The molecule has 0 aliphatic heterocycles. The lowest BCUT2D eigenvalue weighted by Gasteiger charge is -1.99. The van der Waals surface area contributed by atoms with Crippen LogP contribution >= 0.6 is 11.3 Å². The lowest BCUT2D eigenvalue weighted by molar-refractivity contribution is 0.425. The van der Waals surface area contributed by atoms with Gasteiger partial charge in [0.05, 0.1) is 10.6 Å². The van der Waals surface area contributed by atoms with Gasteiger partial charge in [0, 0.05) is 11.7 Å². The van der Waals surface area contributed by atoms with E-state index < -0.39 is 7.12 Å². The molecule has 0 atom stereocenters. The highest BCUT2D eigenvalue weighted by Gasteiger charge is 2.10. The molecule has 0 spiro atoms. The topological polar surface area (TPSA) is 53.4 Å². The van der Waals surface area contributed by atoms with Crippen molar-refractivity contribution in [3.05, 3.63) is 35.8 Å². The van der Waals surface area contributed by atoms with Crippen LogP contribution in [0.25, 0.3) is 10.6 Å². The van der Waals surface area contributed by atoms with Gasteiger partial charge in [-0.3, -0.25) is 4.98 Å². The summed E-state index contributed by atoms with van der Waals surface area (Å²) in [5.74, 6) is 0. The fourth-order valence-corrected chi connectivity index (χ4v) is 1.83. The minimum atomic E-state index is -1.44. The van der Waals surface area contributed by atoms with Crippen molar-refractivity contribution in [2.75, 3.05) is 0 Å². The molecule has 14 heavy (non-hydrogen) atoms. The lowest BCUT2D eigenvalue weighted by Crippen LogP contribution is -2.29. The zero-order valence-corrected chi connectivity index (χ0v) is 8.11. The number of aromatic nitrogens is 1. The predicted octanol–water partition coefficient (Wildman–Crippen LogP) is 0.490. The molecule has 2 aromatic rings. The van der Waals surface area contributed by atoms with Crippen LogP contribution in [0, 0.1) is 0 Å². The smallest absolute Gasteiger partial charge is 0.423 e. The van der Waals surface area contributed by atoms with Crippen molar-refractivity contribution >= 4 is 23.9 Å². The number of nitrogens with zero attached hydrogens (tertiary/aromatic N) is 1. The van der Waals surface area contributed by atoms with Crippen molar-refractivity contribution in [3.63, 3.8) is 0 Å². The van der Waals surface area contributed by atoms with E-state index in [2.05, 4.69) is 4.98 Å². The highest BCUT2D eigenvalue weighted by atomic mass is 32.1. The van der Waals surface area contributed by atoms with Gasteiger partial charge in [0.2, 0.25) is 0 Å². The standard InChI is InChI=1S/C9H8BNO2S/c12-10(13)7-3-4-8(11-6-7)9-2-1-5-14-9/h1-6,12-13H. The molecule has 2 rings (SSSR count). The van der Waals surface area contributed by atoms with Crippen LogP contribution in [0.3, 0.4) is 0 Å². The Balaban J connectivity index is 2.31. The summed E-state index contributed by atoms with van der Waals surface area (Å²) in [6, 6.07) is 7.37. The van der Waals surface area contributed by atoms with Gasteiger partial charge in [0.15, 0.2) is 0 Å². The first-order chi connectivity index (χ1) is 6.77. The van der Waals surface area contributed by atoms with Crippen molar-refractivity contribution in [2.24, 2.45) is 0 Å². The highest BCUT2D eigenvalue weighted by molar-refractivity contribution is 7.13. The Labute approximate surface area is 85.8 Å². The maximum Gasteiger partial charge on any atom is 0.490 e. The fourth-order valence-electron chi connectivity index (χ4n) is 1.13. The maximum atomic E-state index is 8.86. The second-order valence-electron chi connectivity index (χ2n) is 2.83. The summed E-state index contributed by atoms with van der Waals surface area (Å²) >= 11 is 1.60. The Kier molecular flexibility index (Phi) is 2.63. The van der Waals surface area contributed by atoms with Crippen molar-refractivity contribution in [1.29, 1.82) is 0 Å². The second kappa shape index (κ2) is 3.92. The second-order valence-corrected chi connectivity index (χ2v) is 3.78. The van der Waals surface area contributed by atoms with Gasteiger partial charge >= 0.3 is 7.12 Å². The van der Waals surface area contributed by atoms with Crippen LogP contribution in [0.1, 0.15) is 0 Å². The number of hydrogen-bond donors (Lipinski definition) is 2. The van der Waals surface area contributed by atoms with Crippen LogP contribution in [-0.2, 0) is 0 Å². The van der Waals surface area contributed by atoms with Crippen molar-refractivity contribution < 1.29 is 10.0 Å². The molecule has 70 valence electrons. The van der Waals surface area contributed by atoms with Gasteiger partial charge < -0.3 is 10.0 Å². The Bertz CT molecular complexity index is 399. The molecule has 5 heteroatoms. The van der Waals surface area contributed by atoms with Gasteiger partial charge in [-0.25, -0.2) is 0 Å². The summed E-state index contributed by atoms with van der Waals surface area (Å²) in [6.07, 6.45) is 1.47. The fraction of sp³-hybridized carbons (Fsp3) is 0. The molecule has 3 nitrogen and oxygen atoms in total. The van der Waals surface area contributed by atoms with E-state index >= 15 is 0 Å². The molecule has 0 unspecified atom stereocenters. The molecule has 0 fully saturated rings. The zero-order valence-electron chi connectivity index (χ0n) is 7.29. The molecule has 0 aliphatic rings. The zero-order chi connectivity index (χ0) is 9.97. The van der Waals surface area contributed by atoms with E-state index in [1.54, 1.807) is 23.5 Å². The summed E-state index contributed by atoms with van der Waals surface area (Å²) in [6.45, 7) is 0. The van der Waals surface area contributed by atoms with Crippen LogP contribution in [0.4, 0.5) is 0 Å². The number of hydrogen-bond acceptors (Lipinski definition) is 4. The largest absolute Gasteiger partial charge is 0.490 e. The van der Waals surface area contributed by atoms with Crippen LogP contribution in [0.2, 0.25) is 0 Å². The summed E-state index contributed by atoms with van der Waals surface area (Å²) < 4.78 is 0. The van der Waals surface area contributed by atoms with E-state index in [0.29, 0.717) is 5.46 Å². The SMILES string of the molecule is OB(O)c1ccc(-c2cccs2)nc1. The van der Waals surface area contributed by atoms with Crippen LogP contribution in [0.5, 0.6) is 0 Å². The molecule has 0 saturated carbocycles. The molecule has 2 aromatic heterocycles. The van der Waals surface area contributed by atoms with Gasteiger partial charge in [-0.2, -0.15) is 0 Å². The number of rotatable bonds is 2. The van der Waals surface area contributed by atoms with Gasteiger partial charge in [0.25, 0.3) is 0 Å². The molecule has 2 heterocycles. The third-order valence-electron chi connectivity index (χ3n) is 1.86. The first kappa shape index (κ1) is 9.39. The Hall–Kier alpha value is -1.17. The van der Waals surface area contributed by atoms with Gasteiger partial charge in [-0.05, 0) is 17.5 Å². The quantitative estimate of drug-likeness (QED) is 0.701. The van der Waals surface area contributed by atoms with Gasteiger partial charge in [-0.15, -0.1) is 11.3 Å². The monoisotopic (exact) mass is 205 g/mol. The number of pyridine rings is 1. The summed E-state index contributed by atoms with van der Waals surface area (Å²) in [4.78, 5) is 5.21. The summed E-state index contributed by atoms with van der Waals surface area (Å²) in [5, 5.41) is 19.7. The Morgan fingerprint density at radius 3 is 2.57 bits per heavy atom. The van der Waals surface area contributed by atoms with E-state index in [1.165, 1.54) is 6.20 Å². The predicted molar refractivity (Wildman–Crippen MR) is 57.4 cm³/mol. The molecule has 0 bridgehead atoms. The average Bonchev–Trinajstić information content (AvgIpc) is 2.71. The summed E-state index contributed by atoms with van der Waals surface area (Å²) in [7, 11) is -1.44. The van der Waals surface area contributed by atoms with E-state index in [0.717, 1.165) is 10.6 Å². The van der Waals surface area contributed by atoms with E-state index in [9.17, 15) is 0 Å². The van der Waals surface area contributed by atoms with Crippen LogP contribution in [-0.4, -0.2) is 22.2 Å². The molecule has 0 saturated heterocycles. The minimum absolute atomic E-state index is 0.408. The minimum Gasteiger partial charge on any atom is -0.423 e. The Morgan fingerprint density at radius 2 is 2.07 bits per heavy atom. The van der Waals surface area contributed by atoms with Gasteiger partial charge in [0.1, 0.15) is 0 Å². The molecule has 0 aliphatic carbocycles. The molecule has 0 aromatic carbocycles. The third kappa shape index (κ3) is 1.84. The third-order valence-corrected chi connectivity index (χ3v) is 2.75. The summed E-state index contributed by atoms with van der Waals surface area (Å²) in [5.41, 5.74) is 1.26. The molecule has 0 amide bonds. The highest BCUT2D eigenvalue weighted by Crippen LogP contribution is 2.21. The van der Waals surface area contributed by atoms with E-state index in [1.807, 2.05) is 17.5 Å². The molecular formula is C9H8BNO2S. The van der Waals surface area contributed by atoms with Crippen LogP contribution in [0.15, 0.2) is 35.8 Å². The van der Waals surface area contributed by atoms with Gasteiger partial charge in [-0.1, -0.05) is 12.1 Å². The molecule has 0 radical (unpaired) electrons. The average molecular weight is 205 g/mol. The first-order valence-electron chi connectivity index (χ1n) is 4.13. The van der Waals surface area contributed by atoms with Crippen LogP contribution < -0.4 is 5.46 Å². The first-order valence-corrected chi connectivity index (χ1v) is 5.01. The van der Waals surface area contributed by atoms with E-state index in [-0.39, 0.29) is 0 Å². The lowest BCUT2D eigenvalue weighted by atomic mass is 9.82. The van der Waals surface area contributed by atoms with E-state index in [4.69, 9.17) is 10.0 Å². The van der Waals surface area contributed by atoms with Crippen molar-refractivity contribution in [1.82, 2.24) is 4.98 Å². The maximum absolute atomic E-state index is 8.86. The van der Waals surface area contributed by atoms with Crippen molar-refractivity contribution in [3.8, 4) is 10.6 Å². The number of thiophene rings is 1.